The van der Waals surface area contributed by atoms with Crippen molar-refractivity contribution in [1.82, 2.24) is 4.90 Å². The van der Waals surface area contributed by atoms with Gasteiger partial charge in [0, 0.05) is 41.7 Å². The SMILES string of the molecule is O=C1CC(CS(=O)(=O)Cl)CN1Cc1cccc(Cl)c1F. The number of carbonyl (C=O) groups excluding carboxylic acids is 1. The Morgan fingerprint density at radius 2 is 2.10 bits per heavy atom. The molecule has 0 aliphatic carbocycles. The van der Waals surface area contributed by atoms with E-state index in [1.54, 1.807) is 12.1 Å². The maximum absolute atomic E-state index is 13.8. The minimum atomic E-state index is -3.64. The van der Waals surface area contributed by atoms with Crippen molar-refractivity contribution in [1.29, 1.82) is 0 Å². The number of benzene rings is 1. The van der Waals surface area contributed by atoms with E-state index in [1.165, 1.54) is 11.0 Å². The molecule has 1 aliphatic heterocycles. The molecule has 1 atom stereocenters. The molecule has 1 amide bonds. The summed E-state index contributed by atoms with van der Waals surface area (Å²) in [5, 5.41) is -0.00553. The van der Waals surface area contributed by atoms with Crippen molar-refractivity contribution in [2.24, 2.45) is 5.92 Å². The molecule has 1 aliphatic rings. The second kappa shape index (κ2) is 5.87. The van der Waals surface area contributed by atoms with Crippen molar-refractivity contribution < 1.29 is 17.6 Å². The summed E-state index contributed by atoms with van der Waals surface area (Å²) in [6.45, 7) is 0.320. The van der Waals surface area contributed by atoms with E-state index in [9.17, 15) is 17.6 Å². The third-order valence-corrected chi connectivity index (χ3v) is 4.66. The first-order valence-electron chi connectivity index (χ1n) is 5.89. The molecule has 1 fully saturated rings. The molecule has 0 N–H and O–H groups in total. The van der Waals surface area contributed by atoms with Crippen LogP contribution in [0.25, 0.3) is 0 Å². The van der Waals surface area contributed by atoms with E-state index in [0.717, 1.165) is 0 Å². The number of carbonyl (C=O) groups is 1. The standard InChI is InChI=1S/C12H12Cl2FNO3S/c13-10-3-1-2-9(12(10)15)6-16-5-8(4-11(16)17)7-20(14,18)19/h1-3,8H,4-7H2. The van der Waals surface area contributed by atoms with E-state index >= 15 is 0 Å². The highest BCUT2D eigenvalue weighted by molar-refractivity contribution is 8.13. The summed E-state index contributed by atoms with van der Waals surface area (Å²) in [5.74, 6) is -1.38. The molecule has 20 heavy (non-hydrogen) atoms. The lowest BCUT2D eigenvalue weighted by molar-refractivity contribution is -0.128. The van der Waals surface area contributed by atoms with Crippen molar-refractivity contribution in [2.75, 3.05) is 12.3 Å². The van der Waals surface area contributed by atoms with Crippen LogP contribution in [-0.2, 0) is 20.4 Å². The monoisotopic (exact) mass is 339 g/mol. The first kappa shape index (κ1) is 15.5. The average molecular weight is 340 g/mol. The van der Waals surface area contributed by atoms with Gasteiger partial charge < -0.3 is 4.90 Å². The number of likely N-dealkylation sites (tertiary alicyclic amines) is 1. The number of amides is 1. The van der Waals surface area contributed by atoms with Gasteiger partial charge in [0.2, 0.25) is 15.0 Å². The van der Waals surface area contributed by atoms with Gasteiger partial charge in [-0.05, 0) is 6.07 Å². The Bertz CT molecular complexity index is 636. The zero-order valence-corrected chi connectivity index (χ0v) is 12.7. The second-order valence-corrected chi connectivity index (χ2v) is 7.99. The average Bonchev–Trinajstić information content (AvgIpc) is 2.63. The van der Waals surface area contributed by atoms with Gasteiger partial charge in [-0.2, -0.15) is 0 Å². The van der Waals surface area contributed by atoms with Crippen molar-refractivity contribution in [3.8, 4) is 0 Å². The summed E-state index contributed by atoms with van der Waals surface area (Å²) in [4.78, 5) is 13.2. The lowest BCUT2D eigenvalue weighted by atomic mass is 10.1. The molecule has 0 aromatic heterocycles. The molecule has 2 rings (SSSR count). The van der Waals surface area contributed by atoms with Crippen LogP contribution in [-0.4, -0.2) is 31.5 Å². The van der Waals surface area contributed by atoms with Gasteiger partial charge >= 0.3 is 0 Å². The van der Waals surface area contributed by atoms with Crippen LogP contribution in [0.1, 0.15) is 12.0 Å². The predicted molar refractivity (Wildman–Crippen MR) is 74.6 cm³/mol. The molecule has 0 bridgehead atoms. The Labute approximate surface area is 125 Å². The first-order valence-corrected chi connectivity index (χ1v) is 8.75. The highest BCUT2D eigenvalue weighted by atomic mass is 35.7. The van der Waals surface area contributed by atoms with Crippen LogP contribution in [0, 0.1) is 11.7 Å². The van der Waals surface area contributed by atoms with Gasteiger partial charge in [-0.25, -0.2) is 12.8 Å². The molecule has 1 saturated heterocycles. The normalized spacial score (nSPS) is 19.6. The largest absolute Gasteiger partial charge is 0.338 e. The van der Waals surface area contributed by atoms with Crippen LogP contribution in [0.2, 0.25) is 5.02 Å². The van der Waals surface area contributed by atoms with E-state index < -0.39 is 14.9 Å². The van der Waals surface area contributed by atoms with Gasteiger partial charge in [-0.3, -0.25) is 4.79 Å². The molecule has 8 heteroatoms. The highest BCUT2D eigenvalue weighted by Gasteiger charge is 2.32. The summed E-state index contributed by atoms with van der Waals surface area (Å²) in [7, 11) is 1.54. The lowest BCUT2D eigenvalue weighted by Gasteiger charge is -2.17. The van der Waals surface area contributed by atoms with Crippen molar-refractivity contribution >= 4 is 37.2 Å². The van der Waals surface area contributed by atoms with Gasteiger partial charge in [-0.15, -0.1) is 0 Å². The Balaban J connectivity index is 2.07. The van der Waals surface area contributed by atoms with Crippen LogP contribution < -0.4 is 0 Å². The molecule has 0 spiro atoms. The van der Waals surface area contributed by atoms with Gasteiger partial charge in [0.05, 0.1) is 10.8 Å². The van der Waals surface area contributed by atoms with Crippen LogP contribution in [0.15, 0.2) is 18.2 Å². The minimum Gasteiger partial charge on any atom is -0.338 e. The molecular weight excluding hydrogens is 328 g/mol. The van der Waals surface area contributed by atoms with Crippen LogP contribution in [0.3, 0.4) is 0 Å². The van der Waals surface area contributed by atoms with E-state index in [2.05, 4.69) is 0 Å². The summed E-state index contributed by atoms with van der Waals surface area (Å²) < 4.78 is 35.8. The third-order valence-electron chi connectivity index (χ3n) is 3.12. The molecule has 4 nitrogen and oxygen atoms in total. The predicted octanol–water partition coefficient (Wildman–Crippen LogP) is 2.40. The number of hydrogen-bond donors (Lipinski definition) is 0. The van der Waals surface area contributed by atoms with Gasteiger partial charge in [0.15, 0.2) is 0 Å². The van der Waals surface area contributed by atoms with E-state index in [4.69, 9.17) is 22.3 Å². The summed E-state index contributed by atoms with van der Waals surface area (Å²) in [6.07, 6.45) is 0.105. The van der Waals surface area contributed by atoms with Crippen molar-refractivity contribution in [3.05, 3.63) is 34.6 Å². The molecule has 1 aromatic carbocycles. The number of halogens is 3. The fraction of sp³-hybridized carbons (Fsp3) is 0.417. The van der Waals surface area contributed by atoms with Gasteiger partial charge in [-0.1, -0.05) is 23.7 Å². The van der Waals surface area contributed by atoms with Gasteiger partial charge in [0.25, 0.3) is 0 Å². The quantitative estimate of drug-likeness (QED) is 0.791. The van der Waals surface area contributed by atoms with Crippen molar-refractivity contribution in [2.45, 2.75) is 13.0 Å². The number of rotatable bonds is 4. The Kier molecular flexibility index (Phi) is 4.56. The Morgan fingerprint density at radius 1 is 1.40 bits per heavy atom. The fourth-order valence-corrected chi connectivity index (χ4v) is 3.79. The smallest absolute Gasteiger partial charge is 0.232 e. The first-order chi connectivity index (χ1) is 9.26. The molecule has 110 valence electrons. The van der Waals surface area contributed by atoms with Crippen LogP contribution >= 0.6 is 22.3 Å². The zero-order chi connectivity index (χ0) is 14.9. The van der Waals surface area contributed by atoms with E-state index in [1.807, 2.05) is 0 Å². The highest BCUT2D eigenvalue weighted by Crippen LogP contribution is 2.25. The summed E-state index contributed by atoms with van der Waals surface area (Å²) in [6, 6.07) is 4.57. The number of nitrogens with zero attached hydrogens (tertiary/aromatic N) is 1. The van der Waals surface area contributed by atoms with E-state index in [0.29, 0.717) is 5.56 Å². The number of hydrogen-bond acceptors (Lipinski definition) is 3. The summed E-state index contributed by atoms with van der Waals surface area (Å²) >= 11 is 5.68. The molecule has 0 saturated carbocycles. The van der Waals surface area contributed by atoms with E-state index in [-0.39, 0.29) is 42.1 Å². The second-order valence-electron chi connectivity index (χ2n) is 4.76. The summed E-state index contributed by atoms with van der Waals surface area (Å²) in [5.41, 5.74) is 0.306. The molecule has 1 aromatic rings. The Morgan fingerprint density at radius 3 is 2.75 bits per heavy atom. The third kappa shape index (κ3) is 3.84. The molecule has 0 radical (unpaired) electrons. The Hall–Kier alpha value is -0.850. The molecule has 1 heterocycles. The molecule has 1 unspecified atom stereocenters. The van der Waals surface area contributed by atoms with Crippen LogP contribution in [0.5, 0.6) is 0 Å². The zero-order valence-electron chi connectivity index (χ0n) is 10.4. The maximum Gasteiger partial charge on any atom is 0.232 e. The minimum absolute atomic E-state index is 0.00553. The van der Waals surface area contributed by atoms with Gasteiger partial charge in [0.1, 0.15) is 5.82 Å². The topological polar surface area (TPSA) is 54.5 Å². The van der Waals surface area contributed by atoms with Crippen LogP contribution in [0.4, 0.5) is 4.39 Å². The molecular formula is C12H12Cl2FNO3S. The fourth-order valence-electron chi connectivity index (χ4n) is 2.28. The lowest BCUT2D eigenvalue weighted by Crippen LogP contribution is -2.25. The van der Waals surface area contributed by atoms with Crippen molar-refractivity contribution in [3.63, 3.8) is 0 Å². The maximum atomic E-state index is 13.8.